The quantitative estimate of drug-likeness (QED) is 0.474. The van der Waals surface area contributed by atoms with Crippen LogP contribution < -0.4 is 0 Å². The lowest BCUT2D eigenvalue weighted by Crippen LogP contribution is -2.31. The van der Waals surface area contributed by atoms with Gasteiger partial charge >= 0.3 is 12.1 Å². The topological polar surface area (TPSA) is 71.1 Å². The van der Waals surface area contributed by atoms with Crippen LogP contribution in [-0.4, -0.2) is 18.2 Å². The molecule has 1 aromatic carbocycles. The summed E-state index contributed by atoms with van der Waals surface area (Å²) in [7, 11) is 0. The predicted molar refractivity (Wildman–Crippen MR) is 81.2 cm³/mol. The summed E-state index contributed by atoms with van der Waals surface area (Å²) in [5.74, 6) is 0.156. The summed E-state index contributed by atoms with van der Waals surface area (Å²) in [6.45, 7) is 5.98. The van der Waals surface area contributed by atoms with E-state index in [2.05, 4.69) is 21.7 Å². The lowest BCUT2D eigenvalue weighted by molar-refractivity contribution is -0.453. The summed E-state index contributed by atoms with van der Waals surface area (Å²) in [6.07, 6.45) is 1.59. The van der Waals surface area contributed by atoms with Gasteiger partial charge in [-0.2, -0.15) is 0 Å². The standard InChI is InChI=1S/C17H22O6/c1-11-8-9-15(13(3)10-11)20-17(19)22-23-21-16(18)14-7-5-4-6-12(14)2/h4-7,11,13,15H,8-10H2,1-3H3. The smallest absolute Gasteiger partial charge is 0.429 e. The zero-order valence-electron chi connectivity index (χ0n) is 13.6. The second-order valence-corrected chi connectivity index (χ2v) is 6.14. The molecule has 2 rings (SSSR count). The van der Waals surface area contributed by atoms with Crippen molar-refractivity contribution in [3.05, 3.63) is 35.4 Å². The van der Waals surface area contributed by atoms with E-state index in [0.717, 1.165) is 24.8 Å². The first-order valence-electron chi connectivity index (χ1n) is 7.79. The number of hydrogen-bond acceptors (Lipinski definition) is 6. The first kappa shape index (κ1) is 17.3. The van der Waals surface area contributed by atoms with Gasteiger partial charge in [-0.1, -0.05) is 32.0 Å². The highest BCUT2D eigenvalue weighted by Gasteiger charge is 2.29. The van der Waals surface area contributed by atoms with Crippen molar-refractivity contribution >= 4 is 12.1 Å². The minimum absolute atomic E-state index is 0.200. The molecular formula is C17H22O6. The lowest BCUT2D eigenvalue weighted by Gasteiger charge is -2.31. The van der Waals surface area contributed by atoms with Gasteiger partial charge in [-0.15, -0.1) is 0 Å². The van der Waals surface area contributed by atoms with Crippen molar-refractivity contribution in [2.24, 2.45) is 11.8 Å². The predicted octanol–water partition coefficient (Wildman–Crippen LogP) is 3.98. The first-order chi connectivity index (χ1) is 11.0. The number of hydrogen-bond donors (Lipinski definition) is 0. The fourth-order valence-corrected chi connectivity index (χ4v) is 2.88. The number of rotatable bonds is 4. The Hall–Kier alpha value is -2.08. The van der Waals surface area contributed by atoms with E-state index < -0.39 is 12.1 Å². The van der Waals surface area contributed by atoms with Gasteiger partial charge < -0.3 is 4.74 Å². The fourth-order valence-electron chi connectivity index (χ4n) is 2.88. The molecule has 1 fully saturated rings. The molecule has 3 unspecified atom stereocenters. The molecule has 1 aliphatic rings. The molecule has 6 heteroatoms. The van der Waals surface area contributed by atoms with Crippen molar-refractivity contribution in [2.75, 3.05) is 0 Å². The van der Waals surface area contributed by atoms with E-state index in [0.29, 0.717) is 11.5 Å². The van der Waals surface area contributed by atoms with Gasteiger partial charge in [0.1, 0.15) is 6.10 Å². The Morgan fingerprint density at radius 1 is 1.09 bits per heavy atom. The van der Waals surface area contributed by atoms with E-state index in [1.165, 1.54) is 0 Å². The third-order valence-electron chi connectivity index (χ3n) is 4.18. The maximum Gasteiger partial charge on any atom is 0.543 e. The lowest BCUT2D eigenvalue weighted by atomic mass is 9.81. The molecule has 6 nitrogen and oxygen atoms in total. The van der Waals surface area contributed by atoms with Crippen molar-refractivity contribution in [1.29, 1.82) is 0 Å². The second kappa shape index (κ2) is 7.97. The highest BCUT2D eigenvalue weighted by molar-refractivity contribution is 5.90. The van der Waals surface area contributed by atoms with E-state index in [1.807, 2.05) is 6.92 Å². The molecule has 0 amide bonds. The van der Waals surface area contributed by atoms with Crippen molar-refractivity contribution < 1.29 is 29.1 Å². The molecule has 0 N–H and O–H groups in total. The van der Waals surface area contributed by atoms with Crippen LogP contribution in [0.5, 0.6) is 0 Å². The van der Waals surface area contributed by atoms with Crippen LogP contribution in [0, 0.1) is 18.8 Å². The van der Waals surface area contributed by atoms with Gasteiger partial charge in [0.2, 0.25) is 0 Å². The summed E-state index contributed by atoms with van der Waals surface area (Å²) >= 11 is 0. The Labute approximate surface area is 135 Å². The zero-order chi connectivity index (χ0) is 16.8. The number of benzene rings is 1. The molecule has 0 radical (unpaired) electrons. The molecule has 126 valence electrons. The molecule has 0 aliphatic heterocycles. The van der Waals surface area contributed by atoms with Gasteiger partial charge in [-0.25, -0.2) is 14.5 Å². The van der Waals surface area contributed by atoms with Crippen LogP contribution in [0.1, 0.15) is 49.0 Å². The van der Waals surface area contributed by atoms with Gasteiger partial charge in [0.05, 0.1) is 10.6 Å². The molecule has 0 bridgehead atoms. The van der Waals surface area contributed by atoms with Crippen LogP contribution in [0.2, 0.25) is 0 Å². The molecule has 1 aromatic rings. The van der Waals surface area contributed by atoms with E-state index in [4.69, 9.17) is 4.74 Å². The third kappa shape index (κ3) is 4.96. The van der Waals surface area contributed by atoms with Crippen LogP contribution in [0.25, 0.3) is 0 Å². The zero-order valence-corrected chi connectivity index (χ0v) is 13.6. The first-order valence-corrected chi connectivity index (χ1v) is 7.79. The Balaban J connectivity index is 1.73. The highest BCUT2D eigenvalue weighted by atomic mass is 17.5. The van der Waals surface area contributed by atoms with Gasteiger partial charge in [0, 0.05) is 0 Å². The summed E-state index contributed by atoms with van der Waals surface area (Å²) in [5, 5.41) is 4.24. The van der Waals surface area contributed by atoms with Gasteiger partial charge in [0.25, 0.3) is 0 Å². The largest absolute Gasteiger partial charge is 0.543 e. The normalized spacial score (nSPS) is 23.9. The van der Waals surface area contributed by atoms with Crippen molar-refractivity contribution in [3.63, 3.8) is 0 Å². The molecular weight excluding hydrogens is 300 g/mol. The minimum atomic E-state index is -1.01. The van der Waals surface area contributed by atoms with Crippen molar-refractivity contribution in [3.8, 4) is 0 Å². The summed E-state index contributed by atoms with van der Waals surface area (Å²) < 4.78 is 5.19. The molecule has 0 aromatic heterocycles. The summed E-state index contributed by atoms with van der Waals surface area (Å²) in [4.78, 5) is 32.1. The SMILES string of the molecule is Cc1ccccc1C(=O)OOOC(=O)OC1CCC(C)CC1C. The maximum absolute atomic E-state index is 11.7. The molecule has 23 heavy (non-hydrogen) atoms. The van der Waals surface area contributed by atoms with E-state index in [-0.39, 0.29) is 12.0 Å². The maximum atomic E-state index is 11.7. The Morgan fingerprint density at radius 3 is 2.52 bits per heavy atom. The monoisotopic (exact) mass is 322 g/mol. The molecule has 3 atom stereocenters. The summed E-state index contributed by atoms with van der Waals surface area (Å²) in [5.41, 5.74) is 1.06. The Morgan fingerprint density at radius 2 is 1.83 bits per heavy atom. The van der Waals surface area contributed by atoms with Crippen molar-refractivity contribution in [2.45, 2.75) is 46.1 Å². The van der Waals surface area contributed by atoms with Gasteiger partial charge in [-0.05, 0) is 49.7 Å². The molecule has 0 saturated heterocycles. The fraction of sp³-hybridized carbons (Fsp3) is 0.529. The molecule has 1 aliphatic carbocycles. The van der Waals surface area contributed by atoms with E-state index >= 15 is 0 Å². The Bertz CT molecular complexity index is 556. The molecule has 0 spiro atoms. The minimum Gasteiger partial charge on any atom is -0.429 e. The van der Waals surface area contributed by atoms with Crippen molar-refractivity contribution in [1.82, 2.24) is 0 Å². The van der Waals surface area contributed by atoms with Crippen LogP contribution >= 0.6 is 0 Å². The van der Waals surface area contributed by atoms with Gasteiger partial charge in [-0.3, -0.25) is 4.89 Å². The van der Waals surface area contributed by atoms with Crippen LogP contribution in [0.4, 0.5) is 4.79 Å². The molecule has 1 saturated carbocycles. The number of carbonyl (C=O) groups excluding carboxylic acids is 2. The number of carbonyl (C=O) groups is 2. The average molecular weight is 322 g/mol. The van der Waals surface area contributed by atoms with Crippen LogP contribution in [0.15, 0.2) is 24.3 Å². The molecule has 0 heterocycles. The van der Waals surface area contributed by atoms with E-state index in [1.54, 1.807) is 31.2 Å². The average Bonchev–Trinajstić information content (AvgIpc) is 2.50. The highest BCUT2D eigenvalue weighted by Crippen LogP contribution is 2.30. The number of aryl methyl sites for hydroxylation is 1. The Kier molecular flexibility index (Phi) is 5.98. The van der Waals surface area contributed by atoms with E-state index in [9.17, 15) is 9.59 Å². The van der Waals surface area contributed by atoms with Crippen LogP contribution in [-0.2, 0) is 19.6 Å². The second-order valence-electron chi connectivity index (χ2n) is 6.14. The van der Waals surface area contributed by atoms with Crippen LogP contribution in [0.3, 0.4) is 0 Å². The third-order valence-corrected chi connectivity index (χ3v) is 4.18. The van der Waals surface area contributed by atoms with Gasteiger partial charge in [0.15, 0.2) is 0 Å². The number of ether oxygens (including phenoxy) is 1. The summed E-state index contributed by atoms with van der Waals surface area (Å²) in [6, 6.07) is 6.85.